The number of nitrogens with one attached hydrogen (secondary N) is 2. The van der Waals surface area contributed by atoms with Crippen molar-refractivity contribution < 1.29 is 19.8 Å². The van der Waals surface area contributed by atoms with Crippen LogP contribution < -0.4 is 10.6 Å². The highest BCUT2D eigenvalue weighted by Crippen LogP contribution is 2.33. The Labute approximate surface area is 107 Å². The summed E-state index contributed by atoms with van der Waals surface area (Å²) in [6.07, 6.45) is 1.62. The van der Waals surface area contributed by atoms with Crippen molar-refractivity contribution in [2.45, 2.75) is 45.3 Å². The van der Waals surface area contributed by atoms with Gasteiger partial charge in [0.25, 0.3) is 0 Å². The molecule has 1 aliphatic rings. The van der Waals surface area contributed by atoms with Gasteiger partial charge in [0.1, 0.15) is 0 Å². The number of hydrogen-bond acceptors (Lipinski definition) is 3. The van der Waals surface area contributed by atoms with Crippen LogP contribution >= 0.6 is 0 Å². The Morgan fingerprint density at radius 1 is 1.39 bits per heavy atom. The fraction of sp³-hybridized carbons (Fsp3) is 0.833. The van der Waals surface area contributed by atoms with Crippen LogP contribution in [0.15, 0.2) is 0 Å². The molecule has 4 N–H and O–H groups in total. The molecule has 0 spiro atoms. The third-order valence-corrected chi connectivity index (χ3v) is 3.81. The molecule has 0 bridgehead atoms. The first-order valence-corrected chi connectivity index (χ1v) is 6.41. The summed E-state index contributed by atoms with van der Waals surface area (Å²) in [5.41, 5.74) is 0. The summed E-state index contributed by atoms with van der Waals surface area (Å²) in [6.45, 7) is 3.99. The van der Waals surface area contributed by atoms with E-state index in [9.17, 15) is 9.59 Å². The van der Waals surface area contributed by atoms with Gasteiger partial charge in [-0.25, -0.2) is 9.59 Å². The first-order valence-electron chi connectivity index (χ1n) is 6.41. The van der Waals surface area contributed by atoms with E-state index in [1.807, 2.05) is 0 Å². The summed E-state index contributed by atoms with van der Waals surface area (Å²) in [7, 11) is 0. The van der Waals surface area contributed by atoms with Gasteiger partial charge < -0.3 is 20.8 Å². The van der Waals surface area contributed by atoms with E-state index in [1.165, 1.54) is 0 Å². The second-order valence-corrected chi connectivity index (χ2v) is 4.92. The molecule has 0 heterocycles. The molecule has 1 rings (SSSR count). The first kappa shape index (κ1) is 14.8. The van der Waals surface area contributed by atoms with Crippen molar-refractivity contribution >= 4 is 12.0 Å². The van der Waals surface area contributed by atoms with Gasteiger partial charge >= 0.3 is 12.0 Å². The monoisotopic (exact) mass is 258 g/mol. The van der Waals surface area contributed by atoms with Crippen LogP contribution in [0, 0.1) is 11.8 Å². The van der Waals surface area contributed by atoms with Crippen molar-refractivity contribution in [3.8, 4) is 0 Å². The van der Waals surface area contributed by atoms with Crippen LogP contribution in [-0.4, -0.2) is 40.9 Å². The zero-order chi connectivity index (χ0) is 13.7. The molecule has 1 aliphatic carbocycles. The second-order valence-electron chi connectivity index (χ2n) is 4.92. The fourth-order valence-corrected chi connectivity index (χ4v) is 2.52. The Hall–Kier alpha value is -1.30. The van der Waals surface area contributed by atoms with Crippen molar-refractivity contribution in [2.75, 3.05) is 6.54 Å². The van der Waals surface area contributed by atoms with Gasteiger partial charge in [0.2, 0.25) is 0 Å². The Kier molecular flexibility index (Phi) is 5.40. The number of amides is 2. The van der Waals surface area contributed by atoms with E-state index < -0.39 is 18.1 Å². The van der Waals surface area contributed by atoms with E-state index in [2.05, 4.69) is 24.5 Å². The Balaban J connectivity index is 2.31. The van der Waals surface area contributed by atoms with Crippen molar-refractivity contribution in [1.82, 2.24) is 10.6 Å². The Morgan fingerprint density at radius 2 is 2.06 bits per heavy atom. The predicted molar refractivity (Wildman–Crippen MR) is 66.1 cm³/mol. The van der Waals surface area contributed by atoms with Crippen LogP contribution in [0.4, 0.5) is 4.79 Å². The number of aliphatic carboxylic acids is 1. The van der Waals surface area contributed by atoms with Crippen molar-refractivity contribution in [2.24, 2.45) is 11.8 Å². The molecule has 104 valence electrons. The third-order valence-electron chi connectivity index (χ3n) is 3.81. The standard InChI is InChI=1S/C12H22N2O4/c1-3-8-4-5-9(7(8)2)14-12(18)13-6-10(15)11(16)17/h7-10,15H,3-6H2,1-2H3,(H,16,17)(H2,13,14,18)/t7?,8?,9?,10-/m0/s1. The summed E-state index contributed by atoms with van der Waals surface area (Å²) < 4.78 is 0. The zero-order valence-electron chi connectivity index (χ0n) is 10.8. The summed E-state index contributed by atoms with van der Waals surface area (Å²) >= 11 is 0. The number of urea groups is 1. The summed E-state index contributed by atoms with van der Waals surface area (Å²) in [5, 5.41) is 22.7. The topological polar surface area (TPSA) is 98.7 Å². The molecule has 3 unspecified atom stereocenters. The number of carbonyl (C=O) groups is 2. The van der Waals surface area contributed by atoms with Crippen LogP contribution in [-0.2, 0) is 4.79 Å². The lowest BCUT2D eigenvalue weighted by molar-refractivity contribution is -0.146. The minimum Gasteiger partial charge on any atom is -0.479 e. The maximum Gasteiger partial charge on any atom is 0.334 e. The van der Waals surface area contributed by atoms with E-state index in [1.54, 1.807) is 0 Å². The van der Waals surface area contributed by atoms with Crippen LogP contribution in [0.1, 0.15) is 33.1 Å². The number of rotatable bonds is 5. The minimum absolute atomic E-state index is 0.136. The lowest BCUT2D eigenvalue weighted by atomic mass is 9.94. The lowest BCUT2D eigenvalue weighted by Gasteiger charge is -2.21. The van der Waals surface area contributed by atoms with Gasteiger partial charge in [0.05, 0.1) is 6.54 Å². The average molecular weight is 258 g/mol. The van der Waals surface area contributed by atoms with Gasteiger partial charge in [-0.2, -0.15) is 0 Å². The molecule has 0 aromatic carbocycles. The molecule has 1 fully saturated rings. The van der Waals surface area contributed by atoms with Gasteiger partial charge in [-0.05, 0) is 24.7 Å². The van der Waals surface area contributed by atoms with Gasteiger partial charge in [-0.15, -0.1) is 0 Å². The number of hydrogen-bond donors (Lipinski definition) is 4. The number of carboxylic acids is 1. The summed E-state index contributed by atoms with van der Waals surface area (Å²) in [6, 6.07) is -0.277. The predicted octanol–water partition coefficient (Wildman–Crippen LogP) is 0.556. The molecule has 6 heteroatoms. The molecule has 18 heavy (non-hydrogen) atoms. The molecule has 0 aliphatic heterocycles. The quantitative estimate of drug-likeness (QED) is 0.579. The fourth-order valence-electron chi connectivity index (χ4n) is 2.52. The van der Waals surface area contributed by atoms with Gasteiger partial charge in [-0.3, -0.25) is 0 Å². The number of carboxylic acid groups (broad SMARTS) is 1. The number of aliphatic hydroxyl groups is 1. The molecular weight excluding hydrogens is 236 g/mol. The van der Waals surface area contributed by atoms with Gasteiger partial charge in [-0.1, -0.05) is 20.3 Å². The molecule has 4 atom stereocenters. The van der Waals surface area contributed by atoms with Crippen LogP contribution in [0.3, 0.4) is 0 Å². The highest BCUT2D eigenvalue weighted by Gasteiger charge is 2.32. The molecule has 0 aromatic rings. The molecular formula is C12H22N2O4. The van der Waals surface area contributed by atoms with E-state index in [4.69, 9.17) is 10.2 Å². The van der Waals surface area contributed by atoms with Crippen molar-refractivity contribution in [3.63, 3.8) is 0 Å². The lowest BCUT2D eigenvalue weighted by Crippen LogP contribution is -2.46. The average Bonchev–Trinajstić information content (AvgIpc) is 2.67. The van der Waals surface area contributed by atoms with Gasteiger partial charge in [0.15, 0.2) is 6.10 Å². The summed E-state index contributed by atoms with van der Waals surface area (Å²) in [5.74, 6) is -0.263. The van der Waals surface area contributed by atoms with Crippen LogP contribution in [0.25, 0.3) is 0 Å². The number of carbonyl (C=O) groups excluding carboxylic acids is 1. The third kappa shape index (κ3) is 3.87. The molecule has 0 aromatic heterocycles. The highest BCUT2D eigenvalue weighted by atomic mass is 16.4. The minimum atomic E-state index is -1.56. The summed E-state index contributed by atoms with van der Waals surface area (Å²) in [4.78, 5) is 21.9. The van der Waals surface area contributed by atoms with Crippen LogP contribution in [0.5, 0.6) is 0 Å². The molecule has 0 saturated heterocycles. The second kappa shape index (κ2) is 6.58. The Bertz CT molecular complexity index is 308. The highest BCUT2D eigenvalue weighted by molar-refractivity contribution is 5.76. The van der Waals surface area contributed by atoms with E-state index in [0.717, 1.165) is 19.3 Å². The number of aliphatic hydroxyl groups excluding tert-OH is 1. The maximum atomic E-state index is 11.5. The van der Waals surface area contributed by atoms with Crippen LogP contribution in [0.2, 0.25) is 0 Å². The SMILES string of the molecule is CCC1CCC(NC(=O)NC[C@H](O)C(=O)O)C1C. The Morgan fingerprint density at radius 3 is 2.56 bits per heavy atom. The van der Waals surface area contributed by atoms with Crippen molar-refractivity contribution in [3.05, 3.63) is 0 Å². The largest absolute Gasteiger partial charge is 0.479 e. The maximum absolute atomic E-state index is 11.5. The normalized spacial score (nSPS) is 28.7. The first-order chi connectivity index (χ1) is 8.45. The van der Waals surface area contributed by atoms with Crippen molar-refractivity contribution in [1.29, 1.82) is 0 Å². The van der Waals surface area contributed by atoms with E-state index >= 15 is 0 Å². The van der Waals surface area contributed by atoms with E-state index in [0.29, 0.717) is 11.8 Å². The molecule has 0 radical (unpaired) electrons. The molecule has 1 saturated carbocycles. The van der Waals surface area contributed by atoms with E-state index in [-0.39, 0.29) is 12.6 Å². The molecule has 2 amide bonds. The molecule has 6 nitrogen and oxygen atoms in total. The van der Waals surface area contributed by atoms with Gasteiger partial charge in [0, 0.05) is 6.04 Å². The zero-order valence-corrected chi connectivity index (χ0v) is 10.8. The smallest absolute Gasteiger partial charge is 0.334 e.